The van der Waals surface area contributed by atoms with E-state index in [1.165, 1.54) is 0 Å². The maximum absolute atomic E-state index is 12.3. The SMILES string of the molecule is O=C(CN1CCOCC1CO)c1ccc2c(c1)OCO2. The van der Waals surface area contributed by atoms with Gasteiger partial charge in [-0.15, -0.1) is 0 Å². The normalized spacial score (nSPS) is 21.9. The van der Waals surface area contributed by atoms with Crippen LogP contribution in [0.3, 0.4) is 0 Å². The number of benzene rings is 1. The molecule has 20 heavy (non-hydrogen) atoms. The van der Waals surface area contributed by atoms with E-state index in [1.807, 2.05) is 4.90 Å². The minimum Gasteiger partial charge on any atom is -0.454 e. The van der Waals surface area contributed by atoms with E-state index in [4.69, 9.17) is 14.2 Å². The highest BCUT2D eigenvalue weighted by Crippen LogP contribution is 2.32. The first kappa shape index (κ1) is 13.4. The lowest BCUT2D eigenvalue weighted by Gasteiger charge is -2.33. The van der Waals surface area contributed by atoms with Crippen LogP contribution in [0.1, 0.15) is 10.4 Å². The minimum absolute atomic E-state index is 0.00338. The molecular formula is C14H17NO5. The lowest BCUT2D eigenvalue weighted by Crippen LogP contribution is -2.49. The van der Waals surface area contributed by atoms with Crippen molar-refractivity contribution >= 4 is 5.78 Å². The quantitative estimate of drug-likeness (QED) is 0.799. The second-order valence-electron chi connectivity index (χ2n) is 4.87. The third-order valence-electron chi connectivity index (χ3n) is 3.60. The Bertz CT molecular complexity index is 504. The van der Waals surface area contributed by atoms with Gasteiger partial charge in [0.2, 0.25) is 6.79 Å². The number of Topliss-reactive ketones (excluding diaryl/α,β-unsaturated/α-hetero) is 1. The van der Waals surface area contributed by atoms with Crippen molar-refractivity contribution in [2.45, 2.75) is 6.04 Å². The molecule has 2 aliphatic heterocycles. The smallest absolute Gasteiger partial charge is 0.231 e. The van der Waals surface area contributed by atoms with Gasteiger partial charge in [-0.2, -0.15) is 0 Å². The van der Waals surface area contributed by atoms with E-state index < -0.39 is 0 Å². The van der Waals surface area contributed by atoms with Gasteiger partial charge in [-0.05, 0) is 18.2 Å². The summed E-state index contributed by atoms with van der Waals surface area (Å²) in [6.45, 7) is 2.17. The average Bonchev–Trinajstić information content (AvgIpc) is 2.95. The summed E-state index contributed by atoms with van der Waals surface area (Å²) in [5, 5.41) is 9.30. The maximum Gasteiger partial charge on any atom is 0.231 e. The van der Waals surface area contributed by atoms with Crippen molar-refractivity contribution in [1.82, 2.24) is 4.90 Å². The van der Waals surface area contributed by atoms with Crippen LogP contribution in [0.15, 0.2) is 18.2 Å². The van der Waals surface area contributed by atoms with Crippen LogP contribution in [-0.2, 0) is 4.74 Å². The van der Waals surface area contributed by atoms with Crippen LogP contribution in [0.2, 0.25) is 0 Å². The molecule has 1 atom stereocenters. The van der Waals surface area contributed by atoms with Crippen LogP contribution in [0.25, 0.3) is 0 Å². The van der Waals surface area contributed by atoms with E-state index in [2.05, 4.69) is 0 Å². The predicted octanol–water partition coefficient (Wildman–Crippen LogP) is 0.291. The molecule has 1 N–H and O–H groups in total. The number of aliphatic hydroxyl groups is 1. The number of fused-ring (bicyclic) bond motifs is 1. The molecule has 1 fully saturated rings. The van der Waals surface area contributed by atoms with Gasteiger partial charge in [-0.3, -0.25) is 9.69 Å². The zero-order valence-electron chi connectivity index (χ0n) is 11.1. The van der Waals surface area contributed by atoms with Gasteiger partial charge >= 0.3 is 0 Å². The zero-order chi connectivity index (χ0) is 13.9. The van der Waals surface area contributed by atoms with E-state index in [0.717, 1.165) is 0 Å². The highest BCUT2D eigenvalue weighted by Gasteiger charge is 2.25. The van der Waals surface area contributed by atoms with E-state index in [1.54, 1.807) is 18.2 Å². The van der Waals surface area contributed by atoms with E-state index >= 15 is 0 Å². The summed E-state index contributed by atoms with van der Waals surface area (Å²) < 4.78 is 15.8. The lowest BCUT2D eigenvalue weighted by molar-refractivity contribution is -0.0240. The first-order chi connectivity index (χ1) is 9.78. The number of ketones is 1. The fourth-order valence-corrected chi connectivity index (χ4v) is 2.41. The number of nitrogens with zero attached hydrogens (tertiary/aromatic N) is 1. The number of hydrogen-bond donors (Lipinski definition) is 1. The third kappa shape index (κ3) is 2.63. The minimum atomic E-state index is -0.110. The van der Waals surface area contributed by atoms with Gasteiger partial charge in [-0.1, -0.05) is 0 Å². The van der Waals surface area contributed by atoms with E-state index in [9.17, 15) is 9.90 Å². The summed E-state index contributed by atoms with van der Waals surface area (Å²) in [6.07, 6.45) is 0. The molecule has 0 amide bonds. The number of carbonyl (C=O) groups excluding carboxylic acids is 1. The Balaban J connectivity index is 1.69. The third-order valence-corrected chi connectivity index (χ3v) is 3.60. The monoisotopic (exact) mass is 279 g/mol. The molecule has 1 saturated heterocycles. The van der Waals surface area contributed by atoms with Crippen LogP contribution < -0.4 is 9.47 Å². The average molecular weight is 279 g/mol. The molecule has 1 aromatic rings. The Kier molecular flexibility index (Phi) is 3.86. The second-order valence-corrected chi connectivity index (χ2v) is 4.87. The highest BCUT2D eigenvalue weighted by molar-refractivity contribution is 5.98. The van der Waals surface area contributed by atoms with E-state index in [-0.39, 0.29) is 31.8 Å². The molecule has 0 bridgehead atoms. The van der Waals surface area contributed by atoms with Crippen LogP contribution >= 0.6 is 0 Å². The Hall–Kier alpha value is -1.63. The molecule has 6 nitrogen and oxygen atoms in total. The summed E-state index contributed by atoms with van der Waals surface area (Å²) in [5.74, 6) is 1.28. The van der Waals surface area contributed by atoms with Crippen molar-refractivity contribution in [1.29, 1.82) is 0 Å². The molecule has 2 heterocycles. The van der Waals surface area contributed by atoms with Crippen molar-refractivity contribution in [2.24, 2.45) is 0 Å². The molecule has 0 radical (unpaired) electrons. The lowest BCUT2D eigenvalue weighted by atomic mass is 10.1. The number of ether oxygens (including phenoxy) is 3. The number of carbonyl (C=O) groups is 1. The van der Waals surface area contributed by atoms with Crippen molar-refractivity contribution in [3.8, 4) is 11.5 Å². The second kappa shape index (κ2) is 5.78. The van der Waals surface area contributed by atoms with Crippen molar-refractivity contribution < 1.29 is 24.1 Å². The molecule has 3 rings (SSSR count). The van der Waals surface area contributed by atoms with Crippen molar-refractivity contribution in [3.63, 3.8) is 0 Å². The highest BCUT2D eigenvalue weighted by atomic mass is 16.7. The largest absolute Gasteiger partial charge is 0.454 e. The van der Waals surface area contributed by atoms with Crippen LogP contribution in [0, 0.1) is 0 Å². The Morgan fingerprint density at radius 2 is 2.20 bits per heavy atom. The summed E-state index contributed by atoms with van der Waals surface area (Å²) in [4.78, 5) is 14.3. The van der Waals surface area contributed by atoms with Crippen molar-refractivity contribution in [2.75, 3.05) is 39.7 Å². The molecule has 0 saturated carbocycles. The number of morpholine rings is 1. The fourth-order valence-electron chi connectivity index (χ4n) is 2.41. The molecular weight excluding hydrogens is 262 g/mol. The first-order valence-electron chi connectivity index (χ1n) is 6.63. The van der Waals surface area contributed by atoms with Crippen molar-refractivity contribution in [3.05, 3.63) is 23.8 Å². The van der Waals surface area contributed by atoms with Crippen LogP contribution in [0.4, 0.5) is 0 Å². The maximum atomic E-state index is 12.3. The Labute approximate surface area is 116 Å². The molecule has 6 heteroatoms. The Morgan fingerprint density at radius 1 is 1.35 bits per heavy atom. The summed E-state index contributed by atoms with van der Waals surface area (Å²) >= 11 is 0. The molecule has 1 aromatic carbocycles. The molecule has 0 aromatic heterocycles. The van der Waals surface area contributed by atoms with Crippen LogP contribution in [0.5, 0.6) is 11.5 Å². The molecule has 0 aliphatic carbocycles. The molecule has 108 valence electrons. The van der Waals surface area contributed by atoms with Gasteiger partial charge in [0.1, 0.15) is 0 Å². The molecule has 1 unspecified atom stereocenters. The summed E-state index contributed by atoms with van der Waals surface area (Å²) in [5.41, 5.74) is 0.595. The van der Waals surface area contributed by atoms with Gasteiger partial charge in [0.15, 0.2) is 17.3 Å². The Morgan fingerprint density at radius 3 is 3.05 bits per heavy atom. The predicted molar refractivity (Wildman–Crippen MR) is 70.2 cm³/mol. The first-order valence-corrected chi connectivity index (χ1v) is 6.63. The number of rotatable bonds is 4. The molecule has 0 spiro atoms. The molecule has 2 aliphatic rings. The summed E-state index contributed by atoms with van der Waals surface area (Å²) in [6, 6.07) is 5.09. The van der Waals surface area contributed by atoms with Gasteiger partial charge in [0, 0.05) is 12.1 Å². The van der Waals surface area contributed by atoms with Gasteiger partial charge in [0.05, 0.1) is 32.4 Å². The topological polar surface area (TPSA) is 68.2 Å². The zero-order valence-corrected chi connectivity index (χ0v) is 11.1. The van der Waals surface area contributed by atoms with Crippen LogP contribution in [-0.4, -0.2) is 61.5 Å². The summed E-state index contributed by atoms with van der Waals surface area (Å²) in [7, 11) is 0. The standard InChI is InChI=1S/C14H17NO5/c16-7-11-8-18-4-3-15(11)6-12(17)10-1-2-13-14(5-10)20-9-19-13/h1-2,5,11,16H,3-4,6-9H2. The van der Waals surface area contributed by atoms with E-state index in [0.29, 0.717) is 36.8 Å². The number of hydrogen-bond acceptors (Lipinski definition) is 6. The van der Waals surface area contributed by atoms with Gasteiger partial charge < -0.3 is 19.3 Å². The van der Waals surface area contributed by atoms with Gasteiger partial charge in [-0.25, -0.2) is 0 Å². The number of aliphatic hydroxyl groups excluding tert-OH is 1. The fraction of sp³-hybridized carbons (Fsp3) is 0.500. The van der Waals surface area contributed by atoms with Gasteiger partial charge in [0.25, 0.3) is 0 Å².